The van der Waals surface area contributed by atoms with Crippen LogP contribution in [0.25, 0.3) is 0 Å². The van der Waals surface area contributed by atoms with Crippen LogP contribution in [0, 0.1) is 0 Å². The quantitative estimate of drug-likeness (QED) is 0.798. The summed E-state index contributed by atoms with van der Waals surface area (Å²) in [7, 11) is 2.18. The minimum atomic E-state index is 0. The fourth-order valence-electron chi connectivity index (χ4n) is 2.44. The third-order valence-corrected chi connectivity index (χ3v) is 3.70. The van der Waals surface area contributed by atoms with Crippen LogP contribution in [0.1, 0.15) is 38.2 Å². The Morgan fingerprint density at radius 1 is 1.35 bits per heavy atom. The molecule has 1 aromatic heterocycles. The maximum Gasteiger partial charge on any atom is 0.137 e. The lowest BCUT2D eigenvalue weighted by molar-refractivity contribution is 0.197. The van der Waals surface area contributed by atoms with Gasteiger partial charge in [0, 0.05) is 12.2 Å². The van der Waals surface area contributed by atoms with Gasteiger partial charge >= 0.3 is 0 Å². The zero-order chi connectivity index (χ0) is 12.8. The second-order valence-electron chi connectivity index (χ2n) is 5.22. The van der Waals surface area contributed by atoms with Gasteiger partial charge in [0.1, 0.15) is 12.4 Å². The average molecular weight is 321 g/mol. The first kappa shape index (κ1) is 19.5. The largest absolute Gasteiger partial charge is 0.490 e. The smallest absolute Gasteiger partial charge is 0.137 e. The number of halogens is 2. The minimum absolute atomic E-state index is 0. The maximum atomic E-state index is 5.88. The topological polar surface area (TPSA) is 25.4 Å². The van der Waals surface area contributed by atoms with Gasteiger partial charge in [0.15, 0.2) is 0 Å². The van der Waals surface area contributed by atoms with Crippen molar-refractivity contribution in [2.75, 3.05) is 20.2 Å². The number of pyridine rings is 1. The molecule has 2 heterocycles. The van der Waals surface area contributed by atoms with Crippen LogP contribution in [0.2, 0.25) is 0 Å². The van der Waals surface area contributed by atoms with Gasteiger partial charge in [-0.25, -0.2) is 0 Å². The Morgan fingerprint density at radius 2 is 2.15 bits per heavy atom. The molecule has 0 spiro atoms. The van der Waals surface area contributed by atoms with E-state index in [1.807, 2.05) is 12.4 Å². The fourth-order valence-corrected chi connectivity index (χ4v) is 2.44. The van der Waals surface area contributed by atoms with E-state index in [1.54, 1.807) is 0 Å². The van der Waals surface area contributed by atoms with Crippen LogP contribution in [0.15, 0.2) is 18.5 Å². The Hall–Kier alpha value is -0.510. The molecule has 20 heavy (non-hydrogen) atoms. The summed E-state index contributed by atoms with van der Waals surface area (Å²) in [5.41, 5.74) is 1.29. The van der Waals surface area contributed by atoms with Crippen LogP contribution < -0.4 is 4.74 Å². The van der Waals surface area contributed by atoms with Crippen molar-refractivity contribution in [3.05, 3.63) is 24.0 Å². The summed E-state index contributed by atoms with van der Waals surface area (Å²) in [6.07, 6.45) is 9.85. The number of hydrogen-bond acceptors (Lipinski definition) is 3. The SMILES string of the molecule is CCCCc1cncc(OC[C@@H]2CCCN2C)c1.Cl.Cl. The lowest BCUT2D eigenvalue weighted by Crippen LogP contribution is -2.30. The van der Waals surface area contributed by atoms with Crippen molar-refractivity contribution in [1.82, 2.24) is 9.88 Å². The normalized spacial score (nSPS) is 18.2. The Labute approximate surface area is 134 Å². The fraction of sp³-hybridized carbons (Fsp3) is 0.667. The third-order valence-electron chi connectivity index (χ3n) is 3.70. The number of hydrogen-bond donors (Lipinski definition) is 0. The van der Waals surface area contributed by atoms with Gasteiger partial charge in [0.05, 0.1) is 6.20 Å². The number of rotatable bonds is 6. The van der Waals surface area contributed by atoms with Crippen LogP contribution in [-0.4, -0.2) is 36.1 Å². The highest BCUT2D eigenvalue weighted by Crippen LogP contribution is 2.18. The molecule has 0 N–H and O–H groups in total. The van der Waals surface area contributed by atoms with E-state index in [2.05, 4.69) is 29.9 Å². The second kappa shape index (κ2) is 10.3. The molecule has 3 nitrogen and oxygen atoms in total. The zero-order valence-corrected chi connectivity index (χ0v) is 14.0. The van der Waals surface area contributed by atoms with Crippen LogP contribution in [0.4, 0.5) is 0 Å². The highest BCUT2D eigenvalue weighted by molar-refractivity contribution is 5.85. The number of aromatic nitrogens is 1. The molecular weight excluding hydrogens is 295 g/mol. The van der Waals surface area contributed by atoms with Gasteiger partial charge in [-0.15, -0.1) is 24.8 Å². The van der Waals surface area contributed by atoms with E-state index in [0.717, 1.165) is 18.8 Å². The second-order valence-corrected chi connectivity index (χ2v) is 5.22. The van der Waals surface area contributed by atoms with Crippen molar-refractivity contribution in [2.45, 2.75) is 45.1 Å². The number of nitrogens with zero attached hydrogens (tertiary/aromatic N) is 2. The van der Waals surface area contributed by atoms with Crippen molar-refractivity contribution in [3.63, 3.8) is 0 Å². The molecule has 1 saturated heterocycles. The average Bonchev–Trinajstić information content (AvgIpc) is 2.80. The van der Waals surface area contributed by atoms with E-state index in [4.69, 9.17) is 4.74 Å². The van der Waals surface area contributed by atoms with E-state index < -0.39 is 0 Å². The number of ether oxygens (including phenoxy) is 1. The van der Waals surface area contributed by atoms with Crippen molar-refractivity contribution in [1.29, 1.82) is 0 Å². The number of aryl methyl sites for hydroxylation is 1. The minimum Gasteiger partial charge on any atom is -0.490 e. The number of likely N-dealkylation sites (N-methyl/N-ethyl adjacent to an activating group) is 1. The number of unbranched alkanes of at least 4 members (excludes halogenated alkanes) is 1. The van der Waals surface area contributed by atoms with Crippen LogP contribution in [0.5, 0.6) is 5.75 Å². The van der Waals surface area contributed by atoms with Crippen LogP contribution >= 0.6 is 24.8 Å². The van der Waals surface area contributed by atoms with Gasteiger partial charge in [-0.1, -0.05) is 13.3 Å². The molecule has 5 heteroatoms. The van der Waals surface area contributed by atoms with Gasteiger partial charge < -0.3 is 9.64 Å². The van der Waals surface area contributed by atoms with Crippen molar-refractivity contribution < 1.29 is 4.74 Å². The first-order chi connectivity index (χ1) is 8.79. The Morgan fingerprint density at radius 3 is 2.80 bits per heavy atom. The number of likely N-dealkylation sites (tertiary alicyclic amines) is 1. The highest BCUT2D eigenvalue weighted by atomic mass is 35.5. The first-order valence-corrected chi connectivity index (χ1v) is 7.06. The van der Waals surface area contributed by atoms with E-state index >= 15 is 0 Å². The molecule has 1 aliphatic rings. The lowest BCUT2D eigenvalue weighted by atomic mass is 10.1. The molecule has 1 fully saturated rings. The molecule has 1 aromatic rings. The zero-order valence-electron chi connectivity index (χ0n) is 12.4. The Balaban J connectivity index is 0.00000180. The van der Waals surface area contributed by atoms with Crippen LogP contribution in [-0.2, 0) is 6.42 Å². The predicted molar refractivity (Wildman–Crippen MR) is 88.5 cm³/mol. The van der Waals surface area contributed by atoms with Gasteiger partial charge in [-0.3, -0.25) is 4.98 Å². The van der Waals surface area contributed by atoms with Gasteiger partial charge in [0.2, 0.25) is 0 Å². The van der Waals surface area contributed by atoms with E-state index in [-0.39, 0.29) is 24.8 Å². The summed E-state index contributed by atoms with van der Waals surface area (Å²) in [4.78, 5) is 6.65. The van der Waals surface area contributed by atoms with E-state index in [0.29, 0.717) is 6.04 Å². The molecule has 116 valence electrons. The predicted octanol–water partition coefficient (Wildman–Crippen LogP) is 3.74. The van der Waals surface area contributed by atoms with Crippen molar-refractivity contribution >= 4 is 24.8 Å². The summed E-state index contributed by atoms with van der Waals surface area (Å²) in [5, 5.41) is 0. The Kier molecular flexibility index (Phi) is 9.99. The molecule has 2 rings (SSSR count). The third kappa shape index (κ3) is 5.86. The maximum absolute atomic E-state index is 5.88. The summed E-state index contributed by atoms with van der Waals surface area (Å²) < 4.78 is 5.88. The molecule has 0 aromatic carbocycles. The summed E-state index contributed by atoms with van der Waals surface area (Å²) in [6.45, 7) is 4.20. The molecule has 1 aliphatic heterocycles. The molecule has 0 unspecified atom stereocenters. The van der Waals surface area contributed by atoms with E-state index in [1.165, 1.54) is 37.8 Å². The summed E-state index contributed by atoms with van der Waals surface area (Å²) >= 11 is 0. The molecular formula is C15H26Cl2N2O. The van der Waals surface area contributed by atoms with E-state index in [9.17, 15) is 0 Å². The highest BCUT2D eigenvalue weighted by Gasteiger charge is 2.21. The molecule has 0 bridgehead atoms. The van der Waals surface area contributed by atoms with Gasteiger partial charge in [-0.05, 0) is 50.9 Å². The first-order valence-electron chi connectivity index (χ1n) is 7.06. The monoisotopic (exact) mass is 320 g/mol. The van der Waals surface area contributed by atoms with Gasteiger partial charge in [-0.2, -0.15) is 0 Å². The standard InChI is InChI=1S/C15H24N2O.2ClH/c1-3-4-6-13-9-15(11-16-10-13)18-12-14-7-5-8-17(14)2;;/h9-11,14H,3-8,12H2,1-2H3;2*1H/t14-;;/m0../s1. The Bertz CT molecular complexity index is 377. The molecule has 0 aliphatic carbocycles. The van der Waals surface area contributed by atoms with Crippen molar-refractivity contribution in [3.8, 4) is 5.75 Å². The van der Waals surface area contributed by atoms with Crippen LogP contribution in [0.3, 0.4) is 0 Å². The molecule has 1 atom stereocenters. The molecule has 0 radical (unpaired) electrons. The molecule has 0 saturated carbocycles. The molecule has 0 amide bonds. The van der Waals surface area contributed by atoms with Gasteiger partial charge in [0.25, 0.3) is 0 Å². The summed E-state index contributed by atoms with van der Waals surface area (Å²) in [6, 6.07) is 2.71. The summed E-state index contributed by atoms with van der Waals surface area (Å²) in [5.74, 6) is 0.920. The lowest BCUT2D eigenvalue weighted by Gasteiger charge is -2.19. The van der Waals surface area contributed by atoms with Crippen molar-refractivity contribution in [2.24, 2.45) is 0 Å².